The van der Waals surface area contributed by atoms with Crippen LogP contribution in [0.2, 0.25) is 0 Å². The summed E-state index contributed by atoms with van der Waals surface area (Å²) in [6.07, 6.45) is 44.9. The maximum Gasteiger partial charge on any atom is 0.249 e. The molecule has 0 aliphatic heterocycles. The number of allylic oxidation sites excluding steroid dienone is 3. The number of aliphatic hydroxyl groups is 3. The first-order valence-corrected chi connectivity index (χ1v) is 20.7. The van der Waals surface area contributed by atoms with Crippen LogP contribution >= 0.6 is 0 Å². The van der Waals surface area contributed by atoms with Crippen LogP contribution in [-0.4, -0.2) is 46.1 Å². The third kappa shape index (κ3) is 33.1. The number of unbranched alkanes of at least 4 members (excludes halogenated alkanes) is 27. The first-order valence-electron chi connectivity index (χ1n) is 20.7. The van der Waals surface area contributed by atoms with Gasteiger partial charge in [-0.2, -0.15) is 0 Å². The highest BCUT2D eigenvalue weighted by molar-refractivity contribution is 5.80. The van der Waals surface area contributed by atoms with E-state index in [1.165, 1.54) is 154 Å². The zero-order valence-electron chi connectivity index (χ0n) is 31.4. The van der Waals surface area contributed by atoms with Crippen molar-refractivity contribution in [1.29, 1.82) is 0 Å². The molecule has 47 heavy (non-hydrogen) atoms. The number of carbonyl (C=O) groups is 1. The Hall–Kier alpha value is -1.17. The molecule has 0 heterocycles. The minimum Gasteiger partial charge on any atom is -0.394 e. The van der Waals surface area contributed by atoms with Gasteiger partial charge in [-0.15, -0.1) is 0 Å². The summed E-state index contributed by atoms with van der Waals surface area (Å²) in [4.78, 5) is 12.4. The van der Waals surface area contributed by atoms with E-state index >= 15 is 0 Å². The predicted molar refractivity (Wildman–Crippen MR) is 204 cm³/mol. The van der Waals surface area contributed by atoms with E-state index in [-0.39, 0.29) is 6.61 Å². The minimum atomic E-state index is -1.10. The van der Waals surface area contributed by atoms with Gasteiger partial charge in [0.2, 0.25) is 5.91 Å². The molecule has 5 heteroatoms. The van der Waals surface area contributed by atoms with E-state index in [0.717, 1.165) is 38.5 Å². The summed E-state index contributed by atoms with van der Waals surface area (Å²) < 4.78 is 0. The molecule has 0 saturated heterocycles. The lowest BCUT2D eigenvalue weighted by molar-refractivity contribution is -0.131. The SMILES string of the molecule is CCCCCCCCCCCCCCCC/C=C/CC/C=C/C(O)C(CO)NC(=O)C(O)CCCCCCCCCCCCCCC. The Labute approximate surface area is 292 Å². The number of hydrogen-bond donors (Lipinski definition) is 4. The first kappa shape index (κ1) is 45.8. The number of hydrogen-bond acceptors (Lipinski definition) is 4. The highest BCUT2D eigenvalue weighted by atomic mass is 16.3. The summed E-state index contributed by atoms with van der Waals surface area (Å²) in [5.74, 6) is -0.512. The van der Waals surface area contributed by atoms with E-state index < -0.39 is 24.2 Å². The Balaban J connectivity index is 3.72. The molecule has 0 rings (SSSR count). The van der Waals surface area contributed by atoms with Crippen molar-refractivity contribution in [1.82, 2.24) is 5.32 Å². The highest BCUT2D eigenvalue weighted by Gasteiger charge is 2.22. The molecule has 0 fully saturated rings. The number of amides is 1. The van der Waals surface area contributed by atoms with Crippen LogP contribution < -0.4 is 5.32 Å². The molecule has 3 atom stereocenters. The zero-order chi connectivity index (χ0) is 34.5. The van der Waals surface area contributed by atoms with E-state index in [9.17, 15) is 20.1 Å². The fourth-order valence-corrected chi connectivity index (χ4v) is 6.26. The Bertz CT molecular complexity index is 694. The maximum absolute atomic E-state index is 12.4. The van der Waals surface area contributed by atoms with Crippen LogP contribution in [0.1, 0.15) is 213 Å². The van der Waals surface area contributed by atoms with E-state index in [1.807, 2.05) is 6.08 Å². The summed E-state index contributed by atoms with van der Waals surface area (Å²) in [5.41, 5.74) is 0. The smallest absolute Gasteiger partial charge is 0.249 e. The second-order valence-electron chi connectivity index (χ2n) is 14.2. The topological polar surface area (TPSA) is 89.8 Å². The fourth-order valence-electron chi connectivity index (χ4n) is 6.26. The van der Waals surface area contributed by atoms with Crippen LogP contribution in [0.15, 0.2) is 24.3 Å². The molecule has 1 amide bonds. The molecule has 4 N–H and O–H groups in total. The van der Waals surface area contributed by atoms with Gasteiger partial charge in [-0.05, 0) is 32.1 Å². The lowest BCUT2D eigenvalue weighted by Crippen LogP contribution is -2.48. The summed E-state index contributed by atoms with van der Waals surface area (Å²) in [6, 6.07) is -0.809. The lowest BCUT2D eigenvalue weighted by atomic mass is 10.0. The van der Waals surface area contributed by atoms with Gasteiger partial charge in [-0.3, -0.25) is 4.79 Å². The standard InChI is InChI=1S/C42H81NO4/c1-3-5-7-9-11-13-15-17-18-19-20-21-22-23-25-26-28-30-32-34-36-40(45)39(38-44)43-42(47)41(46)37-35-33-31-29-27-24-16-14-12-10-8-6-4-2/h26,28,34,36,39-41,44-46H,3-25,27,29-33,35,37-38H2,1-2H3,(H,43,47)/b28-26+,36-34+. The van der Waals surface area contributed by atoms with Gasteiger partial charge < -0.3 is 20.6 Å². The van der Waals surface area contributed by atoms with Gasteiger partial charge in [-0.1, -0.05) is 205 Å². The van der Waals surface area contributed by atoms with Crippen molar-refractivity contribution in [3.8, 4) is 0 Å². The zero-order valence-corrected chi connectivity index (χ0v) is 31.4. The van der Waals surface area contributed by atoms with Gasteiger partial charge in [0.25, 0.3) is 0 Å². The van der Waals surface area contributed by atoms with Crippen molar-refractivity contribution >= 4 is 5.91 Å². The largest absolute Gasteiger partial charge is 0.394 e. The molecule has 5 nitrogen and oxygen atoms in total. The van der Waals surface area contributed by atoms with Crippen LogP contribution in [0.4, 0.5) is 0 Å². The minimum absolute atomic E-state index is 0.373. The van der Waals surface area contributed by atoms with Gasteiger partial charge in [0.05, 0.1) is 18.8 Å². The van der Waals surface area contributed by atoms with Gasteiger partial charge in [0.15, 0.2) is 0 Å². The average molecular weight is 664 g/mol. The number of rotatable bonds is 37. The molecule has 0 aliphatic rings. The molecule has 0 radical (unpaired) electrons. The molecular formula is C42H81NO4. The molecule has 0 aromatic rings. The Kier molecular flexibility index (Phi) is 36.7. The summed E-state index contributed by atoms with van der Waals surface area (Å²) in [6.45, 7) is 4.17. The van der Waals surface area contributed by atoms with Crippen molar-refractivity contribution in [3.63, 3.8) is 0 Å². The average Bonchev–Trinajstić information content (AvgIpc) is 3.07. The van der Waals surface area contributed by atoms with Crippen molar-refractivity contribution in [2.75, 3.05) is 6.61 Å². The highest BCUT2D eigenvalue weighted by Crippen LogP contribution is 2.15. The number of aliphatic hydroxyl groups excluding tert-OH is 3. The van der Waals surface area contributed by atoms with Gasteiger partial charge >= 0.3 is 0 Å². The van der Waals surface area contributed by atoms with Gasteiger partial charge in [0.1, 0.15) is 6.10 Å². The van der Waals surface area contributed by atoms with Crippen LogP contribution in [-0.2, 0) is 4.79 Å². The molecule has 0 aromatic heterocycles. The second kappa shape index (κ2) is 37.6. The van der Waals surface area contributed by atoms with E-state index in [4.69, 9.17) is 0 Å². The third-order valence-corrected chi connectivity index (χ3v) is 9.54. The Morgan fingerprint density at radius 3 is 1.30 bits per heavy atom. The maximum atomic E-state index is 12.4. The first-order chi connectivity index (χ1) is 23.1. The summed E-state index contributed by atoms with van der Waals surface area (Å²) >= 11 is 0. The lowest BCUT2D eigenvalue weighted by Gasteiger charge is -2.21. The molecule has 0 saturated carbocycles. The van der Waals surface area contributed by atoms with Gasteiger partial charge in [0, 0.05) is 0 Å². The third-order valence-electron chi connectivity index (χ3n) is 9.54. The number of carbonyl (C=O) groups excluding carboxylic acids is 1. The molecule has 0 bridgehead atoms. The van der Waals surface area contributed by atoms with Crippen molar-refractivity contribution in [3.05, 3.63) is 24.3 Å². The van der Waals surface area contributed by atoms with E-state index in [0.29, 0.717) is 6.42 Å². The quantitative estimate of drug-likeness (QED) is 0.0393. The Morgan fingerprint density at radius 2 is 0.872 bits per heavy atom. The van der Waals surface area contributed by atoms with E-state index in [2.05, 4.69) is 31.3 Å². The monoisotopic (exact) mass is 664 g/mol. The number of nitrogens with one attached hydrogen (secondary N) is 1. The van der Waals surface area contributed by atoms with Crippen molar-refractivity contribution in [2.24, 2.45) is 0 Å². The summed E-state index contributed by atoms with van der Waals surface area (Å²) in [5, 5.41) is 33.0. The molecule has 278 valence electrons. The Morgan fingerprint density at radius 1 is 0.511 bits per heavy atom. The molecular weight excluding hydrogens is 582 g/mol. The van der Waals surface area contributed by atoms with Crippen LogP contribution in [0, 0.1) is 0 Å². The fraction of sp³-hybridized carbons (Fsp3) is 0.881. The second-order valence-corrected chi connectivity index (χ2v) is 14.2. The normalized spacial score (nSPS) is 13.9. The van der Waals surface area contributed by atoms with E-state index in [1.54, 1.807) is 6.08 Å². The van der Waals surface area contributed by atoms with Crippen molar-refractivity contribution < 1.29 is 20.1 Å². The van der Waals surface area contributed by atoms with Crippen LogP contribution in [0.5, 0.6) is 0 Å². The molecule has 0 spiro atoms. The van der Waals surface area contributed by atoms with Crippen LogP contribution in [0.25, 0.3) is 0 Å². The summed E-state index contributed by atoms with van der Waals surface area (Å²) in [7, 11) is 0. The van der Waals surface area contributed by atoms with Gasteiger partial charge in [-0.25, -0.2) is 0 Å². The van der Waals surface area contributed by atoms with Crippen LogP contribution in [0.3, 0.4) is 0 Å². The molecule has 0 aromatic carbocycles. The predicted octanol–water partition coefficient (Wildman–Crippen LogP) is 11.4. The van der Waals surface area contributed by atoms with Crippen molar-refractivity contribution in [2.45, 2.75) is 231 Å². The molecule has 0 aliphatic carbocycles. The molecule has 3 unspecified atom stereocenters.